The van der Waals surface area contributed by atoms with E-state index in [-0.39, 0.29) is 0 Å². The fraction of sp³-hybridized carbons (Fsp3) is 0.571. The molecule has 1 aliphatic carbocycles. The summed E-state index contributed by atoms with van der Waals surface area (Å²) in [5.74, 6) is 1.36. The molecule has 0 spiro atoms. The van der Waals surface area contributed by atoms with Crippen LogP contribution in [-0.4, -0.2) is 14.2 Å². The van der Waals surface area contributed by atoms with E-state index in [4.69, 9.17) is 26.8 Å². The zero-order valence-corrected chi connectivity index (χ0v) is 11.7. The molecule has 0 unspecified atom stereocenters. The first-order valence-corrected chi connectivity index (χ1v) is 6.70. The van der Waals surface area contributed by atoms with Crippen LogP contribution in [0.15, 0.2) is 12.1 Å². The molecule has 0 amide bonds. The predicted octanol–water partition coefficient (Wildman–Crippen LogP) is 3.48. The van der Waals surface area contributed by atoms with Crippen LogP contribution < -0.4 is 15.2 Å². The van der Waals surface area contributed by atoms with Crippen molar-refractivity contribution in [1.82, 2.24) is 0 Å². The highest BCUT2D eigenvalue weighted by Gasteiger charge is 2.35. The van der Waals surface area contributed by atoms with Crippen molar-refractivity contribution in [3.05, 3.63) is 22.7 Å². The van der Waals surface area contributed by atoms with Gasteiger partial charge in [0.1, 0.15) is 0 Å². The quantitative estimate of drug-likeness (QED) is 0.914. The zero-order chi connectivity index (χ0) is 13.2. The molecule has 0 atom stereocenters. The Kier molecular flexibility index (Phi) is 4.03. The van der Waals surface area contributed by atoms with E-state index in [9.17, 15) is 0 Å². The van der Waals surface area contributed by atoms with Crippen LogP contribution in [0.5, 0.6) is 11.5 Å². The van der Waals surface area contributed by atoms with E-state index in [1.807, 2.05) is 12.1 Å². The monoisotopic (exact) mass is 269 g/mol. The van der Waals surface area contributed by atoms with Crippen molar-refractivity contribution in [3.63, 3.8) is 0 Å². The molecule has 4 heteroatoms. The van der Waals surface area contributed by atoms with Crippen molar-refractivity contribution < 1.29 is 9.47 Å². The molecular formula is C14H20ClNO2. The molecule has 0 saturated heterocycles. The molecule has 1 aromatic carbocycles. The van der Waals surface area contributed by atoms with Crippen molar-refractivity contribution in [2.24, 2.45) is 5.73 Å². The molecule has 3 nitrogen and oxygen atoms in total. The Morgan fingerprint density at radius 2 is 1.78 bits per heavy atom. The van der Waals surface area contributed by atoms with Crippen molar-refractivity contribution in [1.29, 1.82) is 0 Å². The van der Waals surface area contributed by atoms with Crippen molar-refractivity contribution in [2.75, 3.05) is 14.2 Å². The smallest absolute Gasteiger partial charge is 0.167 e. The Morgan fingerprint density at radius 1 is 1.11 bits per heavy atom. The summed E-state index contributed by atoms with van der Waals surface area (Å²) in [5, 5.41) is 0.664. The van der Waals surface area contributed by atoms with E-state index in [1.165, 1.54) is 6.42 Å². The van der Waals surface area contributed by atoms with Crippen molar-refractivity contribution in [3.8, 4) is 11.5 Å². The van der Waals surface area contributed by atoms with Crippen molar-refractivity contribution in [2.45, 2.75) is 37.6 Å². The Labute approximate surface area is 113 Å². The molecule has 0 aromatic heterocycles. The lowest BCUT2D eigenvalue weighted by atomic mass is 9.77. The summed E-state index contributed by atoms with van der Waals surface area (Å²) < 4.78 is 10.8. The van der Waals surface area contributed by atoms with E-state index in [0.717, 1.165) is 31.2 Å². The zero-order valence-electron chi connectivity index (χ0n) is 11.0. The van der Waals surface area contributed by atoms with Gasteiger partial charge in [0.15, 0.2) is 11.5 Å². The van der Waals surface area contributed by atoms with E-state index >= 15 is 0 Å². The normalized spacial score (nSPS) is 18.4. The average molecular weight is 270 g/mol. The van der Waals surface area contributed by atoms with Gasteiger partial charge in [-0.05, 0) is 25.0 Å². The molecule has 1 saturated carbocycles. The van der Waals surface area contributed by atoms with Gasteiger partial charge < -0.3 is 15.2 Å². The predicted molar refractivity (Wildman–Crippen MR) is 73.5 cm³/mol. The Morgan fingerprint density at radius 3 is 2.33 bits per heavy atom. The van der Waals surface area contributed by atoms with Crippen LogP contribution in [0.2, 0.25) is 5.02 Å². The fourth-order valence-corrected chi connectivity index (χ4v) is 3.14. The minimum Gasteiger partial charge on any atom is -0.493 e. The van der Waals surface area contributed by atoms with E-state index in [0.29, 0.717) is 16.5 Å². The number of benzene rings is 1. The number of nitrogens with two attached hydrogens (primary N) is 1. The Balaban J connectivity index is 2.53. The molecule has 100 valence electrons. The molecule has 18 heavy (non-hydrogen) atoms. The van der Waals surface area contributed by atoms with Gasteiger partial charge in [0.05, 0.1) is 14.2 Å². The van der Waals surface area contributed by atoms with Crippen LogP contribution in [0.1, 0.15) is 37.7 Å². The molecular weight excluding hydrogens is 250 g/mol. The molecule has 2 N–H and O–H groups in total. The van der Waals surface area contributed by atoms with Crippen LogP contribution in [0.4, 0.5) is 0 Å². The molecule has 2 rings (SSSR count). The number of hydrogen-bond donors (Lipinski definition) is 1. The average Bonchev–Trinajstić information content (AvgIpc) is 2.38. The number of halogens is 1. The summed E-state index contributed by atoms with van der Waals surface area (Å²) in [5.41, 5.74) is 7.06. The number of methoxy groups -OCH3 is 2. The fourth-order valence-electron chi connectivity index (χ4n) is 2.80. The number of rotatable bonds is 3. The van der Waals surface area contributed by atoms with Gasteiger partial charge in [-0.3, -0.25) is 0 Å². The molecule has 0 bridgehead atoms. The second-order valence-electron chi connectivity index (χ2n) is 4.87. The first-order valence-electron chi connectivity index (χ1n) is 6.32. The summed E-state index contributed by atoms with van der Waals surface area (Å²) >= 11 is 6.34. The van der Waals surface area contributed by atoms with Crippen LogP contribution in [0, 0.1) is 0 Å². The third-order valence-corrected chi connectivity index (χ3v) is 4.05. The minimum atomic E-state index is -0.394. The van der Waals surface area contributed by atoms with Gasteiger partial charge in [-0.15, -0.1) is 0 Å². The molecule has 1 fully saturated rings. The lowest BCUT2D eigenvalue weighted by Crippen LogP contribution is -2.39. The number of ether oxygens (including phenoxy) is 2. The summed E-state index contributed by atoms with van der Waals surface area (Å²) in [4.78, 5) is 0. The maximum Gasteiger partial charge on any atom is 0.167 e. The second kappa shape index (κ2) is 5.37. The molecule has 1 aliphatic rings. The van der Waals surface area contributed by atoms with E-state index in [2.05, 4.69) is 0 Å². The second-order valence-corrected chi connectivity index (χ2v) is 5.28. The summed E-state index contributed by atoms with van der Waals surface area (Å²) in [7, 11) is 3.25. The summed E-state index contributed by atoms with van der Waals surface area (Å²) in [6.45, 7) is 0. The van der Waals surface area contributed by atoms with Crippen LogP contribution in [-0.2, 0) is 5.54 Å². The highest BCUT2D eigenvalue weighted by atomic mass is 35.5. The lowest BCUT2D eigenvalue weighted by molar-refractivity contribution is 0.282. The molecule has 0 radical (unpaired) electrons. The highest BCUT2D eigenvalue weighted by Crippen LogP contribution is 2.46. The van der Waals surface area contributed by atoms with E-state index in [1.54, 1.807) is 14.2 Å². The Bertz CT molecular complexity index is 428. The Hall–Kier alpha value is -0.930. The van der Waals surface area contributed by atoms with Gasteiger partial charge in [-0.1, -0.05) is 30.9 Å². The van der Waals surface area contributed by atoms with Crippen LogP contribution >= 0.6 is 11.6 Å². The standard InChI is InChI=1S/C14H20ClNO2/c1-17-11-7-6-10(15)12(13(11)18-2)14(16)8-4-3-5-9-14/h6-7H,3-5,8-9,16H2,1-2H3. The van der Waals surface area contributed by atoms with Crippen molar-refractivity contribution >= 4 is 11.6 Å². The summed E-state index contributed by atoms with van der Waals surface area (Å²) in [6, 6.07) is 3.65. The maximum absolute atomic E-state index is 6.56. The van der Waals surface area contributed by atoms with Gasteiger partial charge in [0, 0.05) is 16.1 Å². The molecule has 0 aliphatic heterocycles. The topological polar surface area (TPSA) is 44.5 Å². The minimum absolute atomic E-state index is 0.394. The van der Waals surface area contributed by atoms with Gasteiger partial charge >= 0.3 is 0 Å². The van der Waals surface area contributed by atoms with Gasteiger partial charge in [-0.2, -0.15) is 0 Å². The van der Waals surface area contributed by atoms with Gasteiger partial charge in [0.2, 0.25) is 0 Å². The lowest BCUT2D eigenvalue weighted by Gasteiger charge is -2.35. The highest BCUT2D eigenvalue weighted by molar-refractivity contribution is 6.31. The SMILES string of the molecule is COc1ccc(Cl)c(C2(N)CCCCC2)c1OC. The first kappa shape index (κ1) is 13.5. The largest absolute Gasteiger partial charge is 0.493 e. The maximum atomic E-state index is 6.56. The van der Waals surface area contributed by atoms with Crippen LogP contribution in [0.25, 0.3) is 0 Å². The van der Waals surface area contributed by atoms with E-state index < -0.39 is 5.54 Å². The third-order valence-electron chi connectivity index (χ3n) is 3.74. The van der Waals surface area contributed by atoms with Gasteiger partial charge in [0.25, 0.3) is 0 Å². The molecule has 0 heterocycles. The van der Waals surface area contributed by atoms with Gasteiger partial charge in [-0.25, -0.2) is 0 Å². The third kappa shape index (κ3) is 2.29. The summed E-state index contributed by atoms with van der Waals surface area (Å²) in [6.07, 6.45) is 5.38. The first-order chi connectivity index (χ1) is 8.62. The molecule has 1 aromatic rings. The number of hydrogen-bond acceptors (Lipinski definition) is 3. The van der Waals surface area contributed by atoms with Crippen LogP contribution in [0.3, 0.4) is 0 Å².